The molecule has 1 aromatic heterocycles. The van der Waals surface area contributed by atoms with Crippen molar-refractivity contribution in [1.82, 2.24) is 9.88 Å². The molecule has 0 aliphatic carbocycles. The summed E-state index contributed by atoms with van der Waals surface area (Å²) in [5.74, 6) is 0.929. The van der Waals surface area contributed by atoms with Crippen molar-refractivity contribution in [3.8, 4) is 0 Å². The van der Waals surface area contributed by atoms with Crippen LogP contribution in [0, 0.1) is 5.92 Å². The minimum absolute atomic E-state index is 0.0745. The van der Waals surface area contributed by atoms with Gasteiger partial charge in [-0.2, -0.15) is 0 Å². The zero-order valence-corrected chi connectivity index (χ0v) is 14.7. The summed E-state index contributed by atoms with van der Waals surface area (Å²) in [6, 6.07) is 6.25. The van der Waals surface area contributed by atoms with Gasteiger partial charge in [0.25, 0.3) is 0 Å². The molecule has 0 radical (unpaired) electrons. The number of carbonyl (C=O) groups excluding carboxylic acids is 1. The van der Waals surface area contributed by atoms with Crippen molar-refractivity contribution in [3.63, 3.8) is 0 Å². The van der Waals surface area contributed by atoms with Crippen molar-refractivity contribution in [1.29, 1.82) is 0 Å². The summed E-state index contributed by atoms with van der Waals surface area (Å²) in [4.78, 5) is 17.8. The molecule has 0 aromatic carbocycles. The lowest BCUT2D eigenvalue weighted by molar-refractivity contribution is -0.109. The molecule has 1 aromatic rings. The second-order valence-electron chi connectivity index (χ2n) is 6.15. The van der Waals surface area contributed by atoms with E-state index in [1.165, 1.54) is 0 Å². The topological polar surface area (TPSA) is 85.2 Å². The Hall–Kier alpha value is -1.30. The third kappa shape index (κ3) is 5.68. The maximum atomic E-state index is 10.9. The van der Waals surface area contributed by atoms with Crippen LogP contribution < -0.4 is 11.5 Å². The SMILES string of the molecule is CCC(CCN)C(C)c1cccc(C(C)N(CC=O)CCN)n1. The Balaban J connectivity index is 2.95. The number of rotatable bonds is 11. The summed E-state index contributed by atoms with van der Waals surface area (Å²) in [5.41, 5.74) is 13.5. The second kappa shape index (κ2) is 10.5. The fraction of sp³-hybridized carbons (Fsp3) is 0.667. The Morgan fingerprint density at radius 2 is 1.91 bits per heavy atom. The van der Waals surface area contributed by atoms with Crippen molar-refractivity contribution in [2.24, 2.45) is 17.4 Å². The highest BCUT2D eigenvalue weighted by atomic mass is 16.1. The van der Waals surface area contributed by atoms with E-state index in [0.29, 0.717) is 38.0 Å². The molecule has 0 saturated heterocycles. The van der Waals surface area contributed by atoms with Crippen molar-refractivity contribution in [2.75, 3.05) is 26.2 Å². The van der Waals surface area contributed by atoms with Crippen LogP contribution in [0.1, 0.15) is 57.0 Å². The minimum atomic E-state index is 0.0745. The van der Waals surface area contributed by atoms with Crippen molar-refractivity contribution in [3.05, 3.63) is 29.6 Å². The van der Waals surface area contributed by atoms with Gasteiger partial charge < -0.3 is 16.3 Å². The van der Waals surface area contributed by atoms with Crippen LogP contribution in [0.4, 0.5) is 0 Å². The van der Waals surface area contributed by atoms with E-state index in [9.17, 15) is 4.79 Å². The predicted molar refractivity (Wildman–Crippen MR) is 95.2 cm³/mol. The van der Waals surface area contributed by atoms with Crippen LogP contribution in [0.25, 0.3) is 0 Å². The molecule has 1 heterocycles. The molecule has 0 bridgehead atoms. The molecule has 0 aliphatic heterocycles. The third-order valence-electron chi connectivity index (χ3n) is 4.73. The van der Waals surface area contributed by atoms with Gasteiger partial charge in [0.2, 0.25) is 0 Å². The predicted octanol–water partition coefficient (Wildman–Crippen LogP) is 2.08. The zero-order chi connectivity index (χ0) is 17.2. The highest BCUT2D eigenvalue weighted by molar-refractivity contribution is 5.52. The van der Waals surface area contributed by atoms with Crippen LogP contribution in [0.2, 0.25) is 0 Å². The Kier molecular flexibility index (Phi) is 8.99. The van der Waals surface area contributed by atoms with E-state index >= 15 is 0 Å². The van der Waals surface area contributed by atoms with Crippen LogP contribution in [-0.4, -0.2) is 42.3 Å². The minimum Gasteiger partial charge on any atom is -0.330 e. The van der Waals surface area contributed by atoms with Gasteiger partial charge in [-0.05, 0) is 37.9 Å². The number of nitrogens with two attached hydrogens (primary N) is 2. The van der Waals surface area contributed by atoms with Crippen molar-refractivity contribution < 1.29 is 4.79 Å². The molecular formula is C18H32N4O. The largest absolute Gasteiger partial charge is 0.330 e. The molecule has 3 atom stereocenters. The van der Waals surface area contributed by atoms with Gasteiger partial charge in [-0.3, -0.25) is 9.88 Å². The van der Waals surface area contributed by atoms with Gasteiger partial charge in [0, 0.05) is 30.7 Å². The summed E-state index contributed by atoms with van der Waals surface area (Å²) in [6.45, 7) is 8.81. The Bertz CT molecular complexity index is 466. The molecule has 130 valence electrons. The Morgan fingerprint density at radius 3 is 2.48 bits per heavy atom. The van der Waals surface area contributed by atoms with Crippen LogP contribution in [0.3, 0.4) is 0 Å². The van der Waals surface area contributed by atoms with Crippen molar-refractivity contribution >= 4 is 6.29 Å². The van der Waals surface area contributed by atoms with E-state index in [1.54, 1.807) is 0 Å². The molecule has 0 aliphatic rings. The van der Waals surface area contributed by atoms with Crippen LogP contribution >= 0.6 is 0 Å². The molecule has 0 amide bonds. The smallest absolute Gasteiger partial charge is 0.134 e. The van der Waals surface area contributed by atoms with E-state index in [1.807, 2.05) is 6.07 Å². The molecule has 3 unspecified atom stereocenters. The first kappa shape index (κ1) is 19.7. The molecular weight excluding hydrogens is 288 g/mol. The molecule has 0 saturated carbocycles. The fourth-order valence-corrected chi connectivity index (χ4v) is 3.11. The molecule has 23 heavy (non-hydrogen) atoms. The number of hydrogen-bond acceptors (Lipinski definition) is 5. The first-order valence-electron chi connectivity index (χ1n) is 8.63. The summed E-state index contributed by atoms with van der Waals surface area (Å²) in [7, 11) is 0. The average Bonchev–Trinajstić information content (AvgIpc) is 2.58. The lowest BCUT2D eigenvalue weighted by Crippen LogP contribution is -2.34. The highest BCUT2D eigenvalue weighted by Gasteiger charge is 2.20. The molecule has 0 spiro atoms. The van der Waals surface area contributed by atoms with Crippen LogP contribution in [0.5, 0.6) is 0 Å². The lowest BCUT2D eigenvalue weighted by Gasteiger charge is -2.27. The first-order valence-corrected chi connectivity index (χ1v) is 8.63. The molecule has 1 rings (SSSR count). The Morgan fingerprint density at radius 1 is 1.22 bits per heavy atom. The average molecular weight is 320 g/mol. The van der Waals surface area contributed by atoms with Crippen LogP contribution in [0.15, 0.2) is 18.2 Å². The van der Waals surface area contributed by atoms with Gasteiger partial charge in [0.15, 0.2) is 0 Å². The number of carbonyl (C=O) groups is 1. The Labute approximate surface area is 140 Å². The molecule has 0 fully saturated rings. The number of aromatic nitrogens is 1. The summed E-state index contributed by atoms with van der Waals surface area (Å²) in [6.07, 6.45) is 3.04. The standard InChI is InChI=1S/C18H32N4O/c1-4-16(8-9-19)14(2)17-6-5-7-18(21-17)15(3)22(11-10-20)12-13-23/h5-7,13-16H,4,8-12,19-20H2,1-3H3. The third-order valence-corrected chi connectivity index (χ3v) is 4.73. The fourth-order valence-electron chi connectivity index (χ4n) is 3.11. The highest BCUT2D eigenvalue weighted by Crippen LogP contribution is 2.29. The van der Waals surface area contributed by atoms with E-state index in [4.69, 9.17) is 16.5 Å². The van der Waals surface area contributed by atoms with Crippen molar-refractivity contribution in [2.45, 2.75) is 45.6 Å². The van der Waals surface area contributed by atoms with E-state index in [0.717, 1.165) is 30.5 Å². The molecule has 4 N–H and O–H groups in total. The maximum Gasteiger partial charge on any atom is 0.134 e. The summed E-state index contributed by atoms with van der Waals surface area (Å²) < 4.78 is 0. The normalized spacial score (nSPS) is 15.4. The van der Waals surface area contributed by atoms with Crippen LogP contribution in [-0.2, 0) is 4.79 Å². The van der Waals surface area contributed by atoms with E-state index < -0.39 is 0 Å². The lowest BCUT2D eigenvalue weighted by atomic mass is 9.86. The summed E-state index contributed by atoms with van der Waals surface area (Å²) >= 11 is 0. The number of nitrogens with zero attached hydrogens (tertiary/aromatic N) is 2. The van der Waals surface area contributed by atoms with Gasteiger partial charge in [0.05, 0.1) is 12.2 Å². The van der Waals surface area contributed by atoms with E-state index in [2.05, 4.69) is 37.8 Å². The molecule has 5 nitrogen and oxygen atoms in total. The second-order valence-corrected chi connectivity index (χ2v) is 6.15. The van der Waals surface area contributed by atoms with Gasteiger partial charge in [0.1, 0.15) is 6.29 Å². The number of pyridine rings is 1. The zero-order valence-electron chi connectivity index (χ0n) is 14.7. The first-order chi connectivity index (χ1) is 11.1. The van der Waals surface area contributed by atoms with Gasteiger partial charge in [-0.25, -0.2) is 0 Å². The monoisotopic (exact) mass is 320 g/mol. The quantitative estimate of drug-likeness (QED) is 0.610. The van der Waals surface area contributed by atoms with Gasteiger partial charge in [-0.1, -0.05) is 26.3 Å². The molecule has 5 heteroatoms. The number of aldehydes is 1. The van der Waals surface area contributed by atoms with E-state index in [-0.39, 0.29) is 6.04 Å². The van der Waals surface area contributed by atoms with Gasteiger partial charge in [-0.15, -0.1) is 0 Å². The van der Waals surface area contributed by atoms with Gasteiger partial charge >= 0.3 is 0 Å². The summed E-state index contributed by atoms with van der Waals surface area (Å²) in [5, 5.41) is 0. The number of hydrogen-bond donors (Lipinski definition) is 2. The maximum absolute atomic E-state index is 10.9.